The Morgan fingerprint density at radius 3 is 0.611 bits per heavy atom. The van der Waals surface area contributed by atoms with Crippen molar-refractivity contribution in [3.63, 3.8) is 0 Å². The predicted molar refractivity (Wildman–Crippen MR) is 45.0 cm³/mol. The van der Waals surface area contributed by atoms with Crippen LogP contribution in [-0.4, -0.2) is 60.4 Å². The van der Waals surface area contributed by atoms with E-state index in [1.165, 1.54) is 0 Å². The van der Waals surface area contributed by atoms with Crippen LogP contribution in [0, 0.1) is 0 Å². The van der Waals surface area contributed by atoms with Crippen LogP contribution in [0.25, 0.3) is 0 Å². The molecule has 0 radical (unpaired) electrons. The zero-order chi connectivity index (χ0) is 14.3. The maximum Gasteiger partial charge on any atom is 1.00 e. The van der Waals surface area contributed by atoms with Crippen molar-refractivity contribution in [2.24, 2.45) is 0 Å². The molecule has 0 heterocycles. The molecule has 0 saturated carbocycles. The zero-order valence-corrected chi connectivity index (χ0v) is 10.9. The largest absolute Gasteiger partial charge is 1.00 e. The fraction of sp³-hybridized carbons (Fsp3) is 0. The minimum Gasteiger partial charge on any atom is -0.565 e. The van der Waals surface area contributed by atoms with Gasteiger partial charge in [0, 0.05) is 0 Å². The van der Waals surface area contributed by atoms with Crippen LogP contribution < -0.4 is 40.8 Å². The molecule has 0 bridgehead atoms. The van der Waals surface area contributed by atoms with Gasteiger partial charge in [-0.25, -0.2) is 14.4 Å². The molecule has 18 heavy (non-hydrogen) atoms. The number of rotatable bonds is 0. The Morgan fingerprint density at radius 1 is 0.611 bits per heavy atom. The summed E-state index contributed by atoms with van der Waals surface area (Å²) in [4.78, 5) is 34.1. The molecule has 10 N–H and O–H groups in total. The third-order valence-electron chi connectivity index (χ3n) is 0. The fourth-order valence-corrected chi connectivity index (χ4v) is 0. The van der Waals surface area contributed by atoms with Gasteiger partial charge in [0.25, 0.3) is 0 Å². The van der Waals surface area contributed by atoms with E-state index in [-0.39, 0.29) is 35.7 Å². The van der Waals surface area contributed by atoms with Crippen LogP contribution in [0.2, 0.25) is 0 Å². The summed E-state index contributed by atoms with van der Waals surface area (Å²) in [5.41, 5.74) is 0. The molecule has 0 aliphatic carbocycles. The molecule has 0 saturated heterocycles. The van der Waals surface area contributed by atoms with Crippen LogP contribution in [0.4, 0.5) is 19.2 Å². The van der Waals surface area contributed by atoms with E-state index in [1.54, 1.807) is 0 Å². The molecular weight excluding hydrogens is 277 g/mol. The Hall–Kier alpha value is -1.96. The van der Waals surface area contributed by atoms with E-state index < -0.39 is 24.6 Å². The van der Waals surface area contributed by atoms with Gasteiger partial charge < -0.3 is 51.8 Å². The first-order valence-corrected chi connectivity index (χ1v) is 2.59. The molecular formula is C4H10NNaO12. The summed E-state index contributed by atoms with van der Waals surface area (Å²) in [6, 6.07) is 0. The molecule has 0 rings (SSSR count). The fourth-order valence-electron chi connectivity index (χ4n) is 0. The van der Waals surface area contributed by atoms with Crippen molar-refractivity contribution in [1.82, 2.24) is 6.15 Å². The van der Waals surface area contributed by atoms with E-state index in [1.807, 2.05) is 0 Å². The molecule has 0 aliphatic heterocycles. The Balaban J connectivity index is -0.0000000257. The van der Waals surface area contributed by atoms with Crippen molar-refractivity contribution in [3.05, 3.63) is 0 Å². The second-order valence-corrected chi connectivity index (χ2v) is 1.11. The Morgan fingerprint density at radius 2 is 0.611 bits per heavy atom. The van der Waals surface area contributed by atoms with Crippen molar-refractivity contribution >= 4 is 24.6 Å². The normalized spacial score (nSPS) is 5.33. The van der Waals surface area contributed by atoms with Gasteiger partial charge in [-0.2, -0.15) is 0 Å². The molecule has 0 unspecified atom stereocenters. The average Bonchev–Trinajstić information content (AvgIpc) is 1.76. The van der Waals surface area contributed by atoms with E-state index in [0.29, 0.717) is 0 Å². The summed E-state index contributed by atoms with van der Waals surface area (Å²) < 4.78 is 0. The Bertz CT molecular complexity index is 164. The van der Waals surface area contributed by atoms with Gasteiger partial charge in [-0.1, -0.05) is 0 Å². The minimum atomic E-state index is -2.08. The maximum atomic E-state index is 8.56. The van der Waals surface area contributed by atoms with Crippen LogP contribution in [0.1, 0.15) is 0 Å². The molecule has 0 aliphatic rings. The van der Waals surface area contributed by atoms with Gasteiger partial charge in [-0.15, -0.1) is 0 Å². The Labute approximate surface area is 120 Å². The second kappa shape index (κ2) is 29.4. The molecule has 14 heteroatoms. The first-order valence-electron chi connectivity index (χ1n) is 2.59. The summed E-state index contributed by atoms with van der Waals surface area (Å²) >= 11 is 0. The van der Waals surface area contributed by atoms with Gasteiger partial charge in [0.1, 0.15) is 0 Å². The molecule has 13 nitrogen and oxygen atoms in total. The van der Waals surface area contributed by atoms with E-state index in [2.05, 4.69) is 0 Å². The first-order chi connectivity index (χ1) is 6.93. The van der Waals surface area contributed by atoms with E-state index in [0.717, 1.165) is 0 Å². The van der Waals surface area contributed by atoms with Crippen LogP contribution in [0.15, 0.2) is 0 Å². The quantitative estimate of drug-likeness (QED) is 0.203. The van der Waals surface area contributed by atoms with Gasteiger partial charge in [-0.05, 0) is 0 Å². The van der Waals surface area contributed by atoms with E-state index in [9.17, 15) is 0 Å². The predicted octanol–water partition coefficient (Wildman–Crippen LogP) is -3.28. The standard InChI is InChI=1S/4CH2O3.H3N.Na/c4*2-1(3)4;;/h4*(H2,2,3,4);1H3;/q;;;;;+1/p-1. The van der Waals surface area contributed by atoms with Gasteiger partial charge in [0.2, 0.25) is 6.16 Å². The molecule has 0 amide bonds. The molecule has 0 atom stereocenters. The van der Waals surface area contributed by atoms with Crippen LogP contribution >= 0.6 is 0 Å². The second-order valence-electron chi connectivity index (χ2n) is 1.11. The molecule has 104 valence electrons. The summed E-state index contributed by atoms with van der Waals surface area (Å²) in [6.07, 6.45) is -7.58. The van der Waals surface area contributed by atoms with Crippen molar-refractivity contribution in [2.45, 2.75) is 0 Å². The molecule has 0 aromatic heterocycles. The topological polar surface area (TPSA) is 268 Å². The van der Waals surface area contributed by atoms with Crippen molar-refractivity contribution in [2.75, 3.05) is 0 Å². The van der Waals surface area contributed by atoms with Gasteiger partial charge >= 0.3 is 48.0 Å². The SMILES string of the molecule is N.O=C(O)O.O=C(O)O.O=C(O)O.O=C([O-])O.[Na+]. The Kier molecular flexibility index (Phi) is 58.8. The number of carboxylic acid groups (broad SMARTS) is 8. The summed E-state index contributed by atoms with van der Waals surface area (Å²) in [6.45, 7) is 0. The maximum absolute atomic E-state index is 8.56. The smallest absolute Gasteiger partial charge is 0.565 e. The number of hydrogen-bond acceptors (Lipinski definition) is 6. The van der Waals surface area contributed by atoms with Crippen molar-refractivity contribution < 1.29 is 89.6 Å². The summed E-state index contributed by atoms with van der Waals surface area (Å²) in [5, 5.41) is 57.1. The summed E-state index contributed by atoms with van der Waals surface area (Å²) in [7, 11) is 0. The number of hydrogen-bond donors (Lipinski definition) is 8. The number of carbonyl (C=O) groups is 4. The van der Waals surface area contributed by atoms with Crippen molar-refractivity contribution in [1.29, 1.82) is 0 Å². The van der Waals surface area contributed by atoms with E-state index in [4.69, 9.17) is 60.0 Å². The van der Waals surface area contributed by atoms with Crippen LogP contribution in [0.5, 0.6) is 0 Å². The van der Waals surface area contributed by atoms with Crippen LogP contribution in [-0.2, 0) is 0 Å². The first kappa shape index (κ1) is 36.0. The minimum absolute atomic E-state index is 0. The van der Waals surface area contributed by atoms with Gasteiger partial charge in [0.05, 0.1) is 0 Å². The zero-order valence-electron chi connectivity index (χ0n) is 8.88. The van der Waals surface area contributed by atoms with Crippen molar-refractivity contribution in [3.8, 4) is 0 Å². The average molecular weight is 287 g/mol. The van der Waals surface area contributed by atoms with Gasteiger partial charge in [-0.3, -0.25) is 0 Å². The van der Waals surface area contributed by atoms with Crippen LogP contribution in [0.3, 0.4) is 0 Å². The third kappa shape index (κ3) is 621. The van der Waals surface area contributed by atoms with Gasteiger partial charge in [0.15, 0.2) is 0 Å². The molecule has 0 aromatic carbocycles. The third-order valence-corrected chi connectivity index (χ3v) is 0. The molecule has 0 spiro atoms. The van der Waals surface area contributed by atoms with E-state index >= 15 is 0 Å². The monoisotopic (exact) mass is 287 g/mol. The summed E-state index contributed by atoms with van der Waals surface area (Å²) in [5.74, 6) is 0. The molecule has 0 fully saturated rings. The molecule has 0 aromatic rings.